The van der Waals surface area contributed by atoms with Crippen molar-refractivity contribution in [2.75, 3.05) is 18.0 Å². The number of aromatic nitrogens is 2. The van der Waals surface area contributed by atoms with Gasteiger partial charge in [0.05, 0.1) is 0 Å². The van der Waals surface area contributed by atoms with Crippen LogP contribution in [0.4, 0.5) is 5.82 Å². The molecule has 82 valence electrons. The van der Waals surface area contributed by atoms with Gasteiger partial charge in [-0.1, -0.05) is 0 Å². The van der Waals surface area contributed by atoms with Gasteiger partial charge in [-0.25, -0.2) is 4.98 Å². The van der Waals surface area contributed by atoms with Crippen LogP contribution in [-0.4, -0.2) is 23.1 Å². The number of piperidine rings is 1. The summed E-state index contributed by atoms with van der Waals surface area (Å²) in [5, 5.41) is 0. The Bertz CT molecular complexity index is 381. The summed E-state index contributed by atoms with van der Waals surface area (Å²) < 4.78 is 0.526. The molecule has 0 unspecified atom stereocenters. The van der Waals surface area contributed by atoms with Crippen LogP contribution in [0.5, 0.6) is 0 Å². The van der Waals surface area contributed by atoms with Gasteiger partial charge in [0.15, 0.2) is 4.77 Å². The third kappa shape index (κ3) is 2.54. The molecule has 2 rings (SSSR count). The minimum Gasteiger partial charge on any atom is -0.356 e. The van der Waals surface area contributed by atoms with Crippen LogP contribution in [0, 0.1) is 4.77 Å². The van der Waals surface area contributed by atoms with E-state index in [0.717, 1.165) is 24.6 Å². The van der Waals surface area contributed by atoms with Crippen LogP contribution in [0.1, 0.15) is 25.0 Å². The molecule has 1 fully saturated rings. The molecule has 0 amide bonds. The summed E-state index contributed by atoms with van der Waals surface area (Å²) in [5.74, 6) is 0.971. The largest absolute Gasteiger partial charge is 0.356 e. The maximum Gasteiger partial charge on any atom is 0.198 e. The number of nitrogens with zero attached hydrogens (tertiary/aromatic N) is 2. The zero-order valence-corrected chi connectivity index (χ0v) is 9.52. The number of hydrogen-bond donors (Lipinski definition) is 2. The van der Waals surface area contributed by atoms with E-state index in [1.165, 1.54) is 19.3 Å². The number of nitrogens with two attached hydrogens (primary N) is 1. The second-order valence-corrected chi connectivity index (χ2v) is 4.21. The molecule has 0 bridgehead atoms. The Morgan fingerprint density at radius 3 is 2.80 bits per heavy atom. The molecule has 3 N–H and O–H groups in total. The Morgan fingerprint density at radius 2 is 2.13 bits per heavy atom. The lowest BCUT2D eigenvalue weighted by atomic mass is 10.1. The van der Waals surface area contributed by atoms with Crippen molar-refractivity contribution >= 4 is 18.0 Å². The minimum absolute atomic E-state index is 0.479. The van der Waals surface area contributed by atoms with E-state index in [1.807, 2.05) is 6.07 Å². The smallest absolute Gasteiger partial charge is 0.198 e. The zero-order valence-electron chi connectivity index (χ0n) is 8.70. The fraction of sp³-hybridized carbons (Fsp3) is 0.600. The summed E-state index contributed by atoms with van der Waals surface area (Å²) in [4.78, 5) is 9.61. The number of nitrogens with one attached hydrogen (secondary N) is 1. The molecule has 1 aliphatic heterocycles. The highest BCUT2D eigenvalue weighted by molar-refractivity contribution is 7.71. The molecule has 1 saturated heterocycles. The number of rotatable bonds is 2. The highest BCUT2D eigenvalue weighted by atomic mass is 32.1. The van der Waals surface area contributed by atoms with Gasteiger partial charge in [-0.15, -0.1) is 0 Å². The summed E-state index contributed by atoms with van der Waals surface area (Å²) in [5.41, 5.74) is 6.55. The van der Waals surface area contributed by atoms with Gasteiger partial charge in [0.1, 0.15) is 5.82 Å². The topological polar surface area (TPSA) is 57.9 Å². The summed E-state index contributed by atoms with van der Waals surface area (Å²) >= 11 is 5.07. The SMILES string of the molecule is NCc1cc(N2CCCCC2)nc(=S)[nH]1. The van der Waals surface area contributed by atoms with E-state index in [1.54, 1.807) is 0 Å². The van der Waals surface area contributed by atoms with Gasteiger partial charge in [0.2, 0.25) is 0 Å². The molecule has 15 heavy (non-hydrogen) atoms. The lowest BCUT2D eigenvalue weighted by Crippen LogP contribution is -2.30. The van der Waals surface area contributed by atoms with Crippen molar-refractivity contribution in [1.29, 1.82) is 0 Å². The van der Waals surface area contributed by atoms with E-state index >= 15 is 0 Å². The Morgan fingerprint density at radius 1 is 1.40 bits per heavy atom. The number of aromatic amines is 1. The Hall–Kier alpha value is -0.940. The van der Waals surface area contributed by atoms with Crippen molar-refractivity contribution in [3.63, 3.8) is 0 Å². The highest BCUT2D eigenvalue weighted by Crippen LogP contribution is 2.17. The van der Waals surface area contributed by atoms with Gasteiger partial charge in [-0.3, -0.25) is 0 Å². The third-order valence-electron chi connectivity index (χ3n) is 2.69. The number of H-pyrrole nitrogens is 1. The average Bonchev–Trinajstić information content (AvgIpc) is 2.29. The molecule has 0 spiro atoms. The van der Waals surface area contributed by atoms with Crippen LogP contribution >= 0.6 is 12.2 Å². The molecule has 1 aromatic rings. The lowest BCUT2D eigenvalue weighted by Gasteiger charge is -2.27. The van der Waals surface area contributed by atoms with E-state index in [2.05, 4.69) is 14.9 Å². The van der Waals surface area contributed by atoms with E-state index in [9.17, 15) is 0 Å². The first-order chi connectivity index (χ1) is 7.29. The highest BCUT2D eigenvalue weighted by Gasteiger charge is 2.12. The molecule has 0 saturated carbocycles. The summed E-state index contributed by atoms with van der Waals surface area (Å²) in [6.07, 6.45) is 3.80. The fourth-order valence-corrected chi connectivity index (χ4v) is 2.11. The molecule has 0 radical (unpaired) electrons. The van der Waals surface area contributed by atoms with E-state index in [4.69, 9.17) is 18.0 Å². The van der Waals surface area contributed by atoms with Crippen molar-refractivity contribution in [2.45, 2.75) is 25.8 Å². The predicted octanol–water partition coefficient (Wildman–Crippen LogP) is 1.59. The molecule has 2 heterocycles. The number of hydrogen-bond acceptors (Lipinski definition) is 4. The molecule has 0 atom stereocenters. The Balaban J connectivity index is 2.26. The molecule has 1 aliphatic rings. The summed E-state index contributed by atoms with van der Waals surface area (Å²) in [7, 11) is 0. The molecular formula is C10H16N4S. The van der Waals surface area contributed by atoms with Crippen LogP contribution in [0.3, 0.4) is 0 Å². The predicted molar refractivity (Wildman–Crippen MR) is 63.4 cm³/mol. The van der Waals surface area contributed by atoms with Crippen molar-refractivity contribution in [3.8, 4) is 0 Å². The molecule has 0 aromatic carbocycles. The van der Waals surface area contributed by atoms with Gasteiger partial charge in [0, 0.05) is 31.4 Å². The first-order valence-electron chi connectivity index (χ1n) is 5.35. The normalized spacial score (nSPS) is 16.7. The van der Waals surface area contributed by atoms with Crippen LogP contribution in [0.15, 0.2) is 6.07 Å². The van der Waals surface area contributed by atoms with Crippen LogP contribution in [0.25, 0.3) is 0 Å². The van der Waals surface area contributed by atoms with Crippen molar-refractivity contribution < 1.29 is 0 Å². The van der Waals surface area contributed by atoms with Crippen LogP contribution in [-0.2, 0) is 6.54 Å². The molecule has 4 nitrogen and oxygen atoms in total. The molecule has 1 aromatic heterocycles. The van der Waals surface area contributed by atoms with Crippen molar-refractivity contribution in [3.05, 3.63) is 16.5 Å². The van der Waals surface area contributed by atoms with Gasteiger partial charge in [-0.05, 0) is 31.5 Å². The molecular weight excluding hydrogens is 208 g/mol. The van der Waals surface area contributed by atoms with Gasteiger partial charge >= 0.3 is 0 Å². The van der Waals surface area contributed by atoms with Crippen molar-refractivity contribution in [2.24, 2.45) is 5.73 Å². The van der Waals surface area contributed by atoms with Crippen LogP contribution in [0.2, 0.25) is 0 Å². The quantitative estimate of drug-likeness (QED) is 0.749. The second kappa shape index (κ2) is 4.72. The monoisotopic (exact) mass is 224 g/mol. The maximum absolute atomic E-state index is 5.59. The minimum atomic E-state index is 0.479. The maximum atomic E-state index is 5.59. The zero-order chi connectivity index (χ0) is 10.7. The van der Waals surface area contributed by atoms with Crippen molar-refractivity contribution in [1.82, 2.24) is 9.97 Å². The molecule has 5 heteroatoms. The van der Waals surface area contributed by atoms with E-state index in [-0.39, 0.29) is 0 Å². The lowest BCUT2D eigenvalue weighted by molar-refractivity contribution is 0.572. The van der Waals surface area contributed by atoms with Gasteiger partial charge in [-0.2, -0.15) is 0 Å². The second-order valence-electron chi connectivity index (χ2n) is 3.82. The fourth-order valence-electron chi connectivity index (χ4n) is 1.89. The van der Waals surface area contributed by atoms with E-state index < -0.39 is 0 Å². The average molecular weight is 224 g/mol. The molecule has 0 aliphatic carbocycles. The van der Waals surface area contributed by atoms with Crippen LogP contribution < -0.4 is 10.6 Å². The van der Waals surface area contributed by atoms with Gasteiger partial charge in [0.25, 0.3) is 0 Å². The van der Waals surface area contributed by atoms with E-state index in [0.29, 0.717) is 11.3 Å². The summed E-state index contributed by atoms with van der Waals surface area (Å²) in [6.45, 7) is 2.64. The Labute approximate surface area is 94.5 Å². The first kappa shape index (κ1) is 10.6. The first-order valence-corrected chi connectivity index (χ1v) is 5.75. The third-order valence-corrected chi connectivity index (χ3v) is 2.88. The standard InChI is InChI=1S/C10H16N4S/c11-7-8-6-9(13-10(15)12-8)14-4-2-1-3-5-14/h6H,1-5,7,11H2,(H,12,13,15). The number of anilines is 1. The Kier molecular flexibility index (Phi) is 3.33. The van der Waals surface area contributed by atoms with Gasteiger partial charge < -0.3 is 15.6 Å². The summed E-state index contributed by atoms with van der Waals surface area (Å²) in [6, 6.07) is 2.00.